The fraction of sp³-hybridized carbons (Fsp3) is 0.111. The summed E-state index contributed by atoms with van der Waals surface area (Å²) in [6.07, 6.45) is 1.51. The van der Waals surface area contributed by atoms with E-state index in [0.29, 0.717) is 11.5 Å². The summed E-state index contributed by atoms with van der Waals surface area (Å²) in [5.74, 6) is 0.670. The zero-order chi connectivity index (χ0) is 17.6. The Labute approximate surface area is 144 Å². The van der Waals surface area contributed by atoms with E-state index in [9.17, 15) is 4.79 Å². The number of fused-ring (bicyclic) bond motifs is 1. The van der Waals surface area contributed by atoms with Crippen LogP contribution in [0, 0.1) is 11.3 Å². The summed E-state index contributed by atoms with van der Waals surface area (Å²) in [4.78, 5) is 11.9. The van der Waals surface area contributed by atoms with Crippen molar-refractivity contribution in [2.75, 3.05) is 19.0 Å². The Balaban J connectivity index is 1.81. The van der Waals surface area contributed by atoms with E-state index in [4.69, 9.17) is 14.7 Å². The van der Waals surface area contributed by atoms with Gasteiger partial charge in [0.1, 0.15) is 6.07 Å². The summed E-state index contributed by atoms with van der Waals surface area (Å²) in [6, 6.07) is 14.3. The van der Waals surface area contributed by atoms with E-state index in [-0.39, 0.29) is 18.2 Å². The van der Waals surface area contributed by atoms with Gasteiger partial charge in [-0.1, -0.05) is 18.2 Å². The molecule has 0 bridgehead atoms. The maximum atomic E-state index is 11.9. The Hall–Kier alpha value is -3.66. The monoisotopic (exact) mass is 334 g/mol. The number of nitrogens with one attached hydrogen (secondary N) is 1. The number of benzene rings is 2. The molecule has 124 valence electrons. The van der Waals surface area contributed by atoms with Gasteiger partial charge >= 0.3 is 0 Å². The minimum atomic E-state index is -0.281. The third-order valence-electron chi connectivity index (χ3n) is 3.49. The van der Waals surface area contributed by atoms with E-state index in [1.54, 1.807) is 18.2 Å². The standard InChI is InChI=1S/C18H14N4O3/c1-24-16-10-12(6-7-15(16)25-9-8-19)11-20-22-17-13-4-2-3-5-14(13)21-18(17)23/h2-7,10-11H,9H2,1H3,(H,21,22,23)/b20-11-. The van der Waals surface area contributed by atoms with Crippen LogP contribution in [0.5, 0.6) is 11.5 Å². The van der Waals surface area contributed by atoms with Crippen LogP contribution in [0.15, 0.2) is 52.7 Å². The number of ether oxygens (including phenoxy) is 2. The maximum Gasteiger partial charge on any atom is 0.276 e. The van der Waals surface area contributed by atoms with E-state index in [1.165, 1.54) is 13.3 Å². The number of carbonyl (C=O) groups is 1. The summed E-state index contributed by atoms with van der Waals surface area (Å²) < 4.78 is 10.5. The van der Waals surface area contributed by atoms with Crippen LogP contribution in [0.2, 0.25) is 0 Å². The van der Waals surface area contributed by atoms with Gasteiger partial charge in [0.25, 0.3) is 5.91 Å². The molecule has 1 amide bonds. The molecule has 0 atom stereocenters. The molecule has 1 heterocycles. The molecule has 7 heteroatoms. The molecule has 25 heavy (non-hydrogen) atoms. The first kappa shape index (κ1) is 16.2. The first-order valence-electron chi connectivity index (χ1n) is 7.42. The number of carbonyl (C=O) groups excluding carboxylic acids is 1. The molecule has 0 unspecified atom stereocenters. The molecule has 3 rings (SSSR count). The summed E-state index contributed by atoms with van der Waals surface area (Å²) in [6.45, 7) is -0.0635. The molecule has 7 nitrogen and oxygen atoms in total. The van der Waals surface area contributed by atoms with Gasteiger partial charge in [0.2, 0.25) is 0 Å². The molecule has 0 radical (unpaired) electrons. The van der Waals surface area contributed by atoms with Crippen LogP contribution < -0.4 is 14.8 Å². The van der Waals surface area contributed by atoms with E-state index < -0.39 is 0 Å². The van der Waals surface area contributed by atoms with Gasteiger partial charge in [-0.15, -0.1) is 5.10 Å². The van der Waals surface area contributed by atoms with E-state index in [0.717, 1.165) is 16.8 Å². The SMILES string of the molecule is COc1cc(/C=N\N=C2/C(=O)Nc3ccccc32)ccc1OCC#N. The zero-order valence-corrected chi connectivity index (χ0v) is 13.4. The lowest BCUT2D eigenvalue weighted by Crippen LogP contribution is -2.13. The molecule has 0 aliphatic carbocycles. The fourth-order valence-corrected chi connectivity index (χ4v) is 2.35. The van der Waals surface area contributed by atoms with Crippen molar-refractivity contribution >= 4 is 23.5 Å². The lowest BCUT2D eigenvalue weighted by atomic mass is 10.1. The molecule has 2 aromatic rings. The smallest absolute Gasteiger partial charge is 0.276 e. The maximum absolute atomic E-state index is 11.9. The van der Waals surface area contributed by atoms with Crippen molar-refractivity contribution in [2.45, 2.75) is 0 Å². The number of nitriles is 1. The van der Waals surface area contributed by atoms with Gasteiger partial charge in [0, 0.05) is 5.56 Å². The van der Waals surface area contributed by atoms with Crippen molar-refractivity contribution in [3.63, 3.8) is 0 Å². The fourth-order valence-electron chi connectivity index (χ4n) is 2.35. The number of hydrogen-bond donors (Lipinski definition) is 1. The third-order valence-corrected chi connectivity index (χ3v) is 3.49. The van der Waals surface area contributed by atoms with Crippen LogP contribution in [0.25, 0.3) is 0 Å². The highest BCUT2D eigenvalue weighted by Gasteiger charge is 2.25. The Morgan fingerprint density at radius 3 is 2.88 bits per heavy atom. The largest absolute Gasteiger partial charge is 0.493 e. The van der Waals surface area contributed by atoms with Gasteiger partial charge in [-0.05, 0) is 29.8 Å². The number of anilines is 1. The van der Waals surface area contributed by atoms with E-state index >= 15 is 0 Å². The molecule has 0 spiro atoms. The lowest BCUT2D eigenvalue weighted by molar-refractivity contribution is -0.110. The van der Waals surface area contributed by atoms with Crippen molar-refractivity contribution in [3.8, 4) is 17.6 Å². The van der Waals surface area contributed by atoms with Crippen molar-refractivity contribution in [3.05, 3.63) is 53.6 Å². The van der Waals surface area contributed by atoms with Crippen molar-refractivity contribution in [1.82, 2.24) is 0 Å². The highest BCUT2D eigenvalue weighted by atomic mass is 16.5. The minimum Gasteiger partial charge on any atom is -0.493 e. The summed E-state index contributed by atoms with van der Waals surface area (Å²) in [5.41, 5.74) is 2.44. The topological polar surface area (TPSA) is 96.1 Å². The first-order chi connectivity index (χ1) is 12.2. The predicted molar refractivity (Wildman–Crippen MR) is 93.3 cm³/mol. The Bertz CT molecular complexity index is 913. The van der Waals surface area contributed by atoms with Crippen LogP contribution >= 0.6 is 0 Å². The average molecular weight is 334 g/mol. The predicted octanol–water partition coefficient (Wildman–Crippen LogP) is 2.37. The zero-order valence-electron chi connectivity index (χ0n) is 13.4. The van der Waals surface area contributed by atoms with Crippen molar-refractivity contribution in [2.24, 2.45) is 10.2 Å². The molecule has 0 aromatic heterocycles. The molecule has 0 saturated carbocycles. The molecule has 1 N–H and O–H groups in total. The number of nitrogens with zero attached hydrogens (tertiary/aromatic N) is 3. The molecular formula is C18H14N4O3. The van der Waals surface area contributed by atoms with Gasteiger partial charge in [-0.25, -0.2) is 0 Å². The highest BCUT2D eigenvalue weighted by molar-refractivity contribution is 6.53. The van der Waals surface area contributed by atoms with Crippen molar-refractivity contribution in [1.29, 1.82) is 5.26 Å². The Morgan fingerprint density at radius 1 is 1.24 bits per heavy atom. The third kappa shape index (κ3) is 3.48. The normalized spacial score (nSPS) is 14.2. The Morgan fingerprint density at radius 2 is 2.08 bits per heavy atom. The second-order valence-electron chi connectivity index (χ2n) is 5.05. The molecule has 1 aliphatic rings. The average Bonchev–Trinajstić information content (AvgIpc) is 2.96. The number of methoxy groups -OCH3 is 1. The minimum absolute atomic E-state index is 0.0635. The van der Waals surface area contributed by atoms with Gasteiger partial charge in [0.05, 0.1) is 19.0 Å². The Kier molecular flexibility index (Phi) is 4.72. The van der Waals surface area contributed by atoms with Crippen LogP contribution in [0.1, 0.15) is 11.1 Å². The highest BCUT2D eigenvalue weighted by Crippen LogP contribution is 2.27. The number of para-hydroxylation sites is 1. The van der Waals surface area contributed by atoms with Crippen LogP contribution in [-0.2, 0) is 4.79 Å². The second kappa shape index (κ2) is 7.27. The molecule has 1 aliphatic heterocycles. The molecule has 2 aromatic carbocycles. The number of amides is 1. The van der Waals surface area contributed by atoms with Gasteiger partial charge in [-0.3, -0.25) is 4.79 Å². The molecule has 0 fully saturated rings. The first-order valence-corrected chi connectivity index (χ1v) is 7.42. The summed E-state index contributed by atoms with van der Waals surface area (Å²) >= 11 is 0. The van der Waals surface area contributed by atoms with E-state index in [2.05, 4.69) is 15.5 Å². The van der Waals surface area contributed by atoms with Crippen LogP contribution in [-0.4, -0.2) is 31.6 Å². The van der Waals surface area contributed by atoms with Crippen LogP contribution in [0.4, 0.5) is 5.69 Å². The van der Waals surface area contributed by atoms with Crippen LogP contribution in [0.3, 0.4) is 0 Å². The summed E-state index contributed by atoms with van der Waals surface area (Å²) in [5, 5.41) is 19.3. The van der Waals surface area contributed by atoms with E-state index in [1.807, 2.05) is 30.3 Å². The number of hydrogen-bond acceptors (Lipinski definition) is 6. The molecular weight excluding hydrogens is 320 g/mol. The summed E-state index contributed by atoms with van der Waals surface area (Å²) in [7, 11) is 1.51. The van der Waals surface area contributed by atoms with Crippen molar-refractivity contribution < 1.29 is 14.3 Å². The second-order valence-corrected chi connectivity index (χ2v) is 5.05. The molecule has 0 saturated heterocycles. The lowest BCUT2D eigenvalue weighted by Gasteiger charge is -2.08. The quantitative estimate of drug-likeness (QED) is 0.670. The number of rotatable bonds is 5. The van der Waals surface area contributed by atoms with Gasteiger partial charge in [-0.2, -0.15) is 10.4 Å². The van der Waals surface area contributed by atoms with Gasteiger partial charge in [0.15, 0.2) is 23.8 Å². The van der Waals surface area contributed by atoms with Gasteiger partial charge < -0.3 is 14.8 Å².